The molecule has 0 aliphatic carbocycles. The summed E-state index contributed by atoms with van der Waals surface area (Å²) in [6.45, 7) is 7.95. The Bertz CT molecular complexity index is 458. The third-order valence-corrected chi connectivity index (χ3v) is 3.82. The topological polar surface area (TPSA) is 47.0 Å². The summed E-state index contributed by atoms with van der Waals surface area (Å²) >= 11 is 0. The quantitative estimate of drug-likeness (QED) is 0.816. The van der Waals surface area contributed by atoms with Crippen LogP contribution in [0.15, 0.2) is 23.2 Å². The van der Waals surface area contributed by atoms with Gasteiger partial charge in [-0.25, -0.2) is 13.4 Å². The number of pyridine rings is 1. The zero-order valence-corrected chi connectivity index (χ0v) is 11.1. The van der Waals surface area contributed by atoms with Gasteiger partial charge in [-0.15, -0.1) is 0 Å². The predicted molar refractivity (Wildman–Crippen MR) is 65.1 cm³/mol. The molecule has 0 unspecified atom stereocenters. The van der Waals surface area contributed by atoms with Crippen molar-refractivity contribution in [2.24, 2.45) is 5.41 Å². The Morgan fingerprint density at radius 2 is 1.88 bits per heavy atom. The minimum atomic E-state index is -3.19. The van der Waals surface area contributed by atoms with Crippen molar-refractivity contribution in [3.63, 3.8) is 0 Å². The highest BCUT2D eigenvalue weighted by molar-refractivity contribution is 7.91. The summed E-state index contributed by atoms with van der Waals surface area (Å²) in [5.41, 5.74) is 0.948. The van der Waals surface area contributed by atoms with E-state index in [2.05, 4.69) is 25.8 Å². The van der Waals surface area contributed by atoms with Gasteiger partial charge in [-0.1, -0.05) is 33.8 Å². The van der Waals surface area contributed by atoms with E-state index in [1.54, 1.807) is 19.1 Å². The maximum absolute atomic E-state index is 11.7. The first-order valence-corrected chi connectivity index (χ1v) is 7.08. The molecule has 0 saturated carbocycles. The molecule has 0 fully saturated rings. The lowest BCUT2D eigenvalue weighted by atomic mass is 9.90. The molecule has 16 heavy (non-hydrogen) atoms. The van der Waals surface area contributed by atoms with E-state index in [0.717, 1.165) is 12.1 Å². The third-order valence-electron chi connectivity index (χ3n) is 2.19. The summed E-state index contributed by atoms with van der Waals surface area (Å²) < 4.78 is 23.3. The summed E-state index contributed by atoms with van der Waals surface area (Å²) in [6, 6.07) is 5.20. The van der Waals surface area contributed by atoms with Gasteiger partial charge >= 0.3 is 0 Å². The van der Waals surface area contributed by atoms with Crippen LogP contribution in [0.4, 0.5) is 0 Å². The summed E-state index contributed by atoms with van der Waals surface area (Å²) in [7, 11) is -3.19. The van der Waals surface area contributed by atoms with E-state index in [1.165, 1.54) is 0 Å². The SMILES string of the molecule is CCS(=O)(=O)c1cccc(CC(C)(C)C)n1. The highest BCUT2D eigenvalue weighted by Crippen LogP contribution is 2.20. The second-order valence-corrected chi connectivity index (χ2v) is 7.33. The summed E-state index contributed by atoms with van der Waals surface area (Å²) in [5, 5.41) is 0.191. The molecule has 0 aliphatic rings. The Kier molecular flexibility index (Phi) is 3.73. The average molecular weight is 241 g/mol. The predicted octanol–water partition coefficient (Wildman–Crippen LogP) is 2.46. The Hall–Kier alpha value is -0.900. The van der Waals surface area contributed by atoms with Gasteiger partial charge in [0.1, 0.15) is 0 Å². The molecule has 1 rings (SSSR count). The largest absolute Gasteiger partial charge is 0.241 e. The van der Waals surface area contributed by atoms with Crippen LogP contribution in [0.5, 0.6) is 0 Å². The molecule has 0 spiro atoms. The maximum atomic E-state index is 11.7. The summed E-state index contributed by atoms with van der Waals surface area (Å²) in [6.07, 6.45) is 0.778. The summed E-state index contributed by atoms with van der Waals surface area (Å²) in [5.74, 6) is 0.0962. The molecule has 1 heterocycles. The third kappa shape index (κ3) is 3.59. The van der Waals surface area contributed by atoms with Gasteiger partial charge in [-0.05, 0) is 24.0 Å². The Balaban J connectivity index is 3.06. The lowest BCUT2D eigenvalue weighted by Crippen LogP contribution is -2.13. The second kappa shape index (κ2) is 4.53. The molecule has 0 amide bonds. The fourth-order valence-corrected chi connectivity index (χ4v) is 2.26. The van der Waals surface area contributed by atoms with Gasteiger partial charge in [0, 0.05) is 5.69 Å². The zero-order valence-electron chi connectivity index (χ0n) is 10.3. The minimum absolute atomic E-state index is 0.0962. The highest BCUT2D eigenvalue weighted by Gasteiger charge is 2.16. The van der Waals surface area contributed by atoms with Crippen molar-refractivity contribution in [3.8, 4) is 0 Å². The van der Waals surface area contributed by atoms with Crippen LogP contribution < -0.4 is 0 Å². The van der Waals surface area contributed by atoms with E-state index in [-0.39, 0.29) is 16.2 Å². The molecule has 0 bridgehead atoms. The maximum Gasteiger partial charge on any atom is 0.195 e. The number of sulfone groups is 1. The average Bonchev–Trinajstić information content (AvgIpc) is 2.15. The fourth-order valence-electron chi connectivity index (χ4n) is 1.42. The van der Waals surface area contributed by atoms with Crippen molar-refractivity contribution in [1.29, 1.82) is 0 Å². The molecular formula is C12H19NO2S. The van der Waals surface area contributed by atoms with Crippen LogP contribution in [-0.4, -0.2) is 19.2 Å². The number of hydrogen-bond donors (Lipinski definition) is 0. The van der Waals surface area contributed by atoms with Gasteiger partial charge in [-0.3, -0.25) is 0 Å². The standard InChI is InChI=1S/C12H19NO2S/c1-5-16(14,15)11-8-6-7-10(13-11)9-12(2,3)4/h6-8H,5,9H2,1-4H3. The van der Waals surface area contributed by atoms with Crippen LogP contribution in [-0.2, 0) is 16.3 Å². The molecule has 0 aliphatic heterocycles. The Morgan fingerprint density at radius 1 is 1.25 bits per heavy atom. The van der Waals surface area contributed by atoms with Crippen LogP contribution in [0.25, 0.3) is 0 Å². The molecule has 90 valence electrons. The number of nitrogens with zero attached hydrogens (tertiary/aromatic N) is 1. The fraction of sp³-hybridized carbons (Fsp3) is 0.583. The monoisotopic (exact) mass is 241 g/mol. The highest BCUT2D eigenvalue weighted by atomic mass is 32.2. The van der Waals surface area contributed by atoms with Crippen LogP contribution in [0.1, 0.15) is 33.4 Å². The summed E-state index contributed by atoms with van der Waals surface area (Å²) in [4.78, 5) is 4.21. The van der Waals surface area contributed by atoms with Crippen molar-refractivity contribution < 1.29 is 8.42 Å². The van der Waals surface area contributed by atoms with Crippen molar-refractivity contribution in [2.45, 2.75) is 39.1 Å². The normalized spacial score (nSPS) is 12.8. The van der Waals surface area contributed by atoms with Crippen molar-refractivity contribution in [2.75, 3.05) is 5.75 Å². The first-order valence-electron chi connectivity index (χ1n) is 5.43. The molecule has 0 radical (unpaired) electrons. The lowest BCUT2D eigenvalue weighted by molar-refractivity contribution is 0.405. The van der Waals surface area contributed by atoms with Gasteiger partial charge in [0.25, 0.3) is 0 Å². The van der Waals surface area contributed by atoms with E-state index in [9.17, 15) is 8.42 Å². The Labute approximate surface area is 97.8 Å². The minimum Gasteiger partial charge on any atom is -0.241 e. The number of hydrogen-bond acceptors (Lipinski definition) is 3. The van der Waals surface area contributed by atoms with Crippen LogP contribution in [0.2, 0.25) is 0 Å². The van der Waals surface area contributed by atoms with E-state index < -0.39 is 9.84 Å². The molecule has 3 nitrogen and oxygen atoms in total. The number of rotatable bonds is 3. The van der Waals surface area contributed by atoms with Gasteiger partial charge in [0.05, 0.1) is 5.75 Å². The van der Waals surface area contributed by atoms with Crippen molar-refractivity contribution in [3.05, 3.63) is 23.9 Å². The molecule has 1 aromatic heterocycles. The van der Waals surface area contributed by atoms with E-state index >= 15 is 0 Å². The van der Waals surface area contributed by atoms with Gasteiger partial charge in [0.2, 0.25) is 0 Å². The van der Waals surface area contributed by atoms with Crippen LogP contribution in [0.3, 0.4) is 0 Å². The smallest absolute Gasteiger partial charge is 0.195 e. The molecular weight excluding hydrogens is 222 g/mol. The molecule has 0 aromatic carbocycles. The molecule has 0 N–H and O–H groups in total. The molecule has 1 aromatic rings. The van der Waals surface area contributed by atoms with Crippen molar-refractivity contribution in [1.82, 2.24) is 4.98 Å². The van der Waals surface area contributed by atoms with Gasteiger partial charge in [0.15, 0.2) is 14.9 Å². The molecule has 0 atom stereocenters. The zero-order chi connectivity index (χ0) is 12.4. The van der Waals surface area contributed by atoms with E-state index in [0.29, 0.717) is 0 Å². The second-order valence-electron chi connectivity index (χ2n) is 5.11. The van der Waals surface area contributed by atoms with E-state index in [1.807, 2.05) is 6.07 Å². The first-order chi connectivity index (χ1) is 7.24. The molecule has 4 heteroatoms. The van der Waals surface area contributed by atoms with Gasteiger partial charge < -0.3 is 0 Å². The van der Waals surface area contributed by atoms with Gasteiger partial charge in [-0.2, -0.15) is 0 Å². The van der Waals surface area contributed by atoms with Crippen LogP contribution in [0, 0.1) is 5.41 Å². The lowest BCUT2D eigenvalue weighted by Gasteiger charge is -2.17. The number of aromatic nitrogens is 1. The Morgan fingerprint density at radius 3 is 2.38 bits per heavy atom. The van der Waals surface area contributed by atoms with Crippen LogP contribution >= 0.6 is 0 Å². The first kappa shape index (κ1) is 13.2. The van der Waals surface area contributed by atoms with E-state index in [4.69, 9.17) is 0 Å². The van der Waals surface area contributed by atoms with Crippen molar-refractivity contribution >= 4 is 9.84 Å². The molecule has 0 saturated heterocycles.